The zero-order valence-electron chi connectivity index (χ0n) is 12.4. The number of aromatic nitrogens is 1. The van der Waals surface area contributed by atoms with Crippen LogP contribution in [0.3, 0.4) is 0 Å². The fourth-order valence-corrected chi connectivity index (χ4v) is 2.23. The molecule has 1 aliphatic heterocycles. The molecule has 0 saturated carbocycles. The third-order valence-electron chi connectivity index (χ3n) is 3.39. The lowest BCUT2D eigenvalue weighted by Gasteiger charge is -2.18. The molecule has 0 aliphatic carbocycles. The first-order valence-corrected chi connectivity index (χ1v) is 7.00. The molecule has 7 nitrogen and oxygen atoms in total. The summed E-state index contributed by atoms with van der Waals surface area (Å²) in [6.45, 7) is 1.22. The van der Waals surface area contributed by atoms with Crippen LogP contribution in [-0.2, 0) is 14.4 Å². The van der Waals surface area contributed by atoms with E-state index in [4.69, 9.17) is 10.2 Å². The Morgan fingerprint density at radius 2 is 2.05 bits per heavy atom. The Hall–Kier alpha value is -2.28. The van der Waals surface area contributed by atoms with Crippen LogP contribution in [0.1, 0.15) is 37.3 Å². The quantitative estimate of drug-likeness (QED) is 0.790. The number of carboxylic acids is 2. The second-order valence-electron chi connectivity index (χ2n) is 5.05. The summed E-state index contributed by atoms with van der Waals surface area (Å²) in [5.74, 6) is -3.82. The molecule has 1 saturated heterocycles. The first kappa shape index (κ1) is 17.8. The van der Waals surface area contributed by atoms with Crippen molar-refractivity contribution in [3.05, 3.63) is 30.1 Å². The average molecular weight is 308 g/mol. The van der Waals surface area contributed by atoms with Crippen LogP contribution in [0.2, 0.25) is 0 Å². The Bertz CT molecular complexity index is 518. The molecular formula is C15H20N2O5. The number of rotatable bonds is 5. The van der Waals surface area contributed by atoms with Crippen molar-refractivity contribution in [2.24, 2.45) is 0 Å². The topological polar surface area (TPSA) is 108 Å². The highest BCUT2D eigenvalue weighted by molar-refractivity contribution is 6.32. The Morgan fingerprint density at radius 3 is 2.50 bits per heavy atom. The number of carbonyl (C=O) groups is 3. The first-order valence-electron chi connectivity index (χ1n) is 7.00. The Kier molecular flexibility index (Phi) is 7.18. The van der Waals surface area contributed by atoms with E-state index in [9.17, 15) is 14.4 Å². The van der Waals surface area contributed by atoms with Crippen LogP contribution in [0.5, 0.6) is 0 Å². The molecule has 0 spiro atoms. The van der Waals surface area contributed by atoms with Crippen molar-refractivity contribution in [1.82, 2.24) is 9.88 Å². The smallest absolute Gasteiger partial charge is 0.372 e. The number of carbonyl (C=O) groups excluding carboxylic acids is 1. The maximum atomic E-state index is 10.2. The van der Waals surface area contributed by atoms with Crippen molar-refractivity contribution in [1.29, 1.82) is 0 Å². The van der Waals surface area contributed by atoms with E-state index in [-0.39, 0.29) is 0 Å². The summed E-state index contributed by atoms with van der Waals surface area (Å²) in [6, 6.07) is 4.79. The minimum atomic E-state index is -1.58. The van der Waals surface area contributed by atoms with Crippen molar-refractivity contribution in [3.8, 4) is 0 Å². The highest BCUT2D eigenvalue weighted by atomic mass is 16.4. The average Bonchev–Trinajstić information content (AvgIpc) is 2.92. The lowest BCUT2D eigenvalue weighted by molar-refractivity contribution is -0.149. The zero-order valence-corrected chi connectivity index (χ0v) is 12.4. The van der Waals surface area contributed by atoms with Crippen LogP contribution >= 0.6 is 0 Å². The highest BCUT2D eigenvalue weighted by Gasteiger charge is 2.21. The second kappa shape index (κ2) is 8.89. The van der Waals surface area contributed by atoms with Gasteiger partial charge in [0.25, 0.3) is 0 Å². The Balaban J connectivity index is 0.000000225. The van der Waals surface area contributed by atoms with Gasteiger partial charge in [0.15, 0.2) is 0 Å². The molecule has 2 rings (SSSR count). The number of Topliss-reactive ketones (excluding diaryl/α,β-unsaturated/α-hetero) is 1. The van der Waals surface area contributed by atoms with Crippen molar-refractivity contribution in [2.45, 2.75) is 31.7 Å². The molecule has 0 amide bonds. The number of nitrogens with zero attached hydrogens (tertiary/aromatic N) is 2. The van der Waals surface area contributed by atoms with Gasteiger partial charge in [-0.1, -0.05) is 6.07 Å². The van der Waals surface area contributed by atoms with Crippen LogP contribution in [-0.4, -0.2) is 51.4 Å². The van der Waals surface area contributed by atoms with E-state index in [1.54, 1.807) is 0 Å². The molecule has 1 aromatic rings. The van der Waals surface area contributed by atoms with Crippen LogP contribution in [0.25, 0.3) is 0 Å². The van der Waals surface area contributed by atoms with E-state index in [0.717, 1.165) is 0 Å². The number of ketones is 1. The molecule has 120 valence electrons. The maximum absolute atomic E-state index is 10.2. The Morgan fingerprint density at radius 1 is 1.32 bits per heavy atom. The molecule has 2 N–H and O–H groups in total. The highest BCUT2D eigenvalue weighted by Crippen LogP contribution is 2.29. The van der Waals surface area contributed by atoms with Crippen molar-refractivity contribution < 1.29 is 24.6 Å². The molecule has 1 fully saturated rings. The standard InChI is InChI=1S/C10H14N2.C5H6O5/c1-12-7-3-5-10(12)9-4-2-6-11-8-9;6-3(5(9)10)1-2-4(7)8/h2,4,6,8,10H,3,5,7H2,1H3;1-2H2,(H,7,8)(H,9,10)/t10-;/m0./s1. The number of aliphatic carboxylic acids is 2. The SMILES string of the molecule is CN1CCC[C@H]1c1cccnc1.O=C(O)CCC(=O)C(=O)O. The number of likely N-dealkylation sites (tertiary alicyclic amines) is 1. The van der Waals surface area contributed by atoms with E-state index in [1.165, 1.54) is 24.9 Å². The third kappa shape index (κ3) is 6.01. The summed E-state index contributed by atoms with van der Waals surface area (Å²) in [4.78, 5) is 36.3. The lowest BCUT2D eigenvalue weighted by Crippen LogP contribution is -2.17. The van der Waals surface area contributed by atoms with Gasteiger partial charge in [-0.05, 0) is 38.1 Å². The predicted molar refractivity (Wildman–Crippen MR) is 78.4 cm³/mol. The molecule has 0 radical (unpaired) electrons. The number of pyridine rings is 1. The molecule has 1 aliphatic rings. The molecule has 7 heteroatoms. The van der Waals surface area contributed by atoms with Gasteiger partial charge in [-0.3, -0.25) is 19.5 Å². The van der Waals surface area contributed by atoms with Gasteiger partial charge in [0.2, 0.25) is 5.78 Å². The van der Waals surface area contributed by atoms with Crippen molar-refractivity contribution >= 4 is 17.7 Å². The van der Waals surface area contributed by atoms with E-state index >= 15 is 0 Å². The van der Waals surface area contributed by atoms with Crippen LogP contribution in [0.4, 0.5) is 0 Å². The van der Waals surface area contributed by atoms with Gasteiger partial charge in [-0.25, -0.2) is 4.79 Å². The van der Waals surface area contributed by atoms with Gasteiger partial charge in [0, 0.05) is 24.9 Å². The van der Waals surface area contributed by atoms with Gasteiger partial charge in [-0.15, -0.1) is 0 Å². The summed E-state index contributed by atoms with van der Waals surface area (Å²) in [5, 5.41) is 16.0. The van der Waals surface area contributed by atoms with Crippen LogP contribution in [0, 0.1) is 0 Å². The van der Waals surface area contributed by atoms with E-state index in [0.29, 0.717) is 6.04 Å². The number of hydrogen-bond acceptors (Lipinski definition) is 5. The number of carboxylic acid groups (broad SMARTS) is 2. The maximum Gasteiger partial charge on any atom is 0.372 e. The molecular weight excluding hydrogens is 288 g/mol. The van der Waals surface area contributed by atoms with E-state index in [2.05, 4.69) is 23.0 Å². The minimum Gasteiger partial charge on any atom is -0.481 e. The van der Waals surface area contributed by atoms with Gasteiger partial charge < -0.3 is 10.2 Å². The van der Waals surface area contributed by atoms with Gasteiger partial charge >= 0.3 is 11.9 Å². The fraction of sp³-hybridized carbons (Fsp3) is 0.467. The van der Waals surface area contributed by atoms with Gasteiger partial charge in [-0.2, -0.15) is 0 Å². The molecule has 2 heterocycles. The molecule has 0 unspecified atom stereocenters. The van der Waals surface area contributed by atoms with E-state index in [1.807, 2.05) is 18.5 Å². The molecule has 1 aromatic heterocycles. The summed E-state index contributed by atoms with van der Waals surface area (Å²) < 4.78 is 0. The number of hydrogen-bond donors (Lipinski definition) is 2. The zero-order chi connectivity index (χ0) is 16.5. The predicted octanol–water partition coefficient (Wildman–Crippen LogP) is 1.35. The summed E-state index contributed by atoms with van der Waals surface area (Å²) in [5.41, 5.74) is 1.36. The monoisotopic (exact) mass is 308 g/mol. The molecule has 0 bridgehead atoms. The second-order valence-corrected chi connectivity index (χ2v) is 5.05. The first-order chi connectivity index (χ1) is 10.4. The van der Waals surface area contributed by atoms with Gasteiger partial charge in [0.05, 0.1) is 6.42 Å². The Labute approximate surface area is 128 Å². The summed E-state index contributed by atoms with van der Waals surface area (Å²) in [6.07, 6.45) is 5.54. The van der Waals surface area contributed by atoms with Crippen molar-refractivity contribution in [3.63, 3.8) is 0 Å². The van der Waals surface area contributed by atoms with Gasteiger partial charge in [0.1, 0.15) is 0 Å². The molecule has 0 aromatic carbocycles. The van der Waals surface area contributed by atoms with Crippen LogP contribution < -0.4 is 0 Å². The molecule has 22 heavy (non-hydrogen) atoms. The van der Waals surface area contributed by atoms with E-state index < -0.39 is 30.6 Å². The summed E-state index contributed by atoms with van der Waals surface area (Å²) >= 11 is 0. The largest absolute Gasteiger partial charge is 0.481 e. The van der Waals surface area contributed by atoms with Crippen LogP contribution in [0.15, 0.2) is 24.5 Å². The summed E-state index contributed by atoms with van der Waals surface area (Å²) in [7, 11) is 2.19. The third-order valence-corrected chi connectivity index (χ3v) is 3.39. The lowest BCUT2D eigenvalue weighted by atomic mass is 10.1. The fourth-order valence-electron chi connectivity index (χ4n) is 2.23. The normalized spacial score (nSPS) is 17.4. The van der Waals surface area contributed by atoms with Crippen molar-refractivity contribution in [2.75, 3.05) is 13.6 Å². The minimum absolute atomic E-state index is 0.425. The molecule has 1 atom stereocenters.